The molecule has 1 N–H and O–H groups in total. The summed E-state index contributed by atoms with van der Waals surface area (Å²) < 4.78 is 0.671. The number of halogens is 1. The average molecular weight is 448 g/mol. The van der Waals surface area contributed by atoms with Crippen molar-refractivity contribution >= 4 is 23.1 Å². The predicted octanol–water partition coefficient (Wildman–Crippen LogP) is 3.70. The molecular formula is C25H22ClN3O3. The molecule has 1 saturated heterocycles. The molecule has 1 atom stereocenters. The molecule has 0 bridgehead atoms. The summed E-state index contributed by atoms with van der Waals surface area (Å²) in [6.07, 6.45) is 5.68. The predicted molar refractivity (Wildman–Crippen MR) is 121 cm³/mol. The number of pyridine rings is 2. The fraction of sp³-hybridized carbons (Fsp3) is 0.240. The van der Waals surface area contributed by atoms with Crippen LogP contribution in [-0.4, -0.2) is 34.0 Å². The van der Waals surface area contributed by atoms with Crippen LogP contribution < -0.4 is 4.73 Å². The van der Waals surface area contributed by atoms with Crippen LogP contribution in [-0.2, 0) is 6.42 Å². The number of piperidine rings is 1. The zero-order chi connectivity index (χ0) is 22.2. The first-order valence-electron chi connectivity index (χ1n) is 10.6. The number of aliphatic hydroxyl groups is 1. The van der Waals surface area contributed by atoms with Crippen molar-refractivity contribution in [2.24, 2.45) is 0 Å². The number of hydrogen-bond acceptors (Lipinski definition) is 4. The Labute approximate surface area is 191 Å². The first-order chi connectivity index (χ1) is 15.5. The van der Waals surface area contributed by atoms with Crippen molar-refractivity contribution in [2.75, 3.05) is 13.1 Å². The number of rotatable bonds is 1. The summed E-state index contributed by atoms with van der Waals surface area (Å²) >= 11 is 6.27. The number of nitrogens with zero attached hydrogens (tertiary/aromatic N) is 3. The first-order valence-corrected chi connectivity index (χ1v) is 11.0. The van der Waals surface area contributed by atoms with Gasteiger partial charge in [-0.25, -0.2) is 0 Å². The molecule has 3 heterocycles. The maximum atomic E-state index is 12.9. The monoisotopic (exact) mass is 447 g/mol. The number of aliphatic hydroxyl groups excluding tert-OH is 1. The van der Waals surface area contributed by atoms with E-state index in [2.05, 4.69) is 4.98 Å². The summed E-state index contributed by atoms with van der Waals surface area (Å²) in [5.41, 5.74) is 6.44. The molecule has 2 aliphatic rings. The minimum Gasteiger partial charge on any atom is -0.619 e. The van der Waals surface area contributed by atoms with Crippen molar-refractivity contribution < 1.29 is 14.6 Å². The van der Waals surface area contributed by atoms with Crippen LogP contribution in [0.4, 0.5) is 0 Å². The van der Waals surface area contributed by atoms with Crippen LogP contribution in [0.5, 0.6) is 0 Å². The Morgan fingerprint density at radius 3 is 2.66 bits per heavy atom. The Bertz CT molecular complexity index is 1210. The van der Waals surface area contributed by atoms with Crippen LogP contribution >= 0.6 is 11.6 Å². The van der Waals surface area contributed by atoms with E-state index in [0.29, 0.717) is 47.7 Å². The second-order valence-corrected chi connectivity index (χ2v) is 8.62. The average Bonchev–Trinajstić information content (AvgIpc) is 2.93. The molecule has 32 heavy (non-hydrogen) atoms. The highest BCUT2D eigenvalue weighted by atomic mass is 35.5. The number of carbonyl (C=O) groups is 1. The maximum Gasteiger partial charge on any atom is 0.254 e. The molecule has 5 rings (SSSR count). The maximum absolute atomic E-state index is 12.9. The highest BCUT2D eigenvalue weighted by Gasteiger charge is 2.29. The van der Waals surface area contributed by atoms with Gasteiger partial charge in [-0.2, -0.15) is 4.73 Å². The molecular weight excluding hydrogens is 426 g/mol. The van der Waals surface area contributed by atoms with Gasteiger partial charge in [-0.15, -0.1) is 0 Å². The van der Waals surface area contributed by atoms with E-state index in [1.54, 1.807) is 18.3 Å². The summed E-state index contributed by atoms with van der Waals surface area (Å²) in [5, 5.41) is 22.8. The summed E-state index contributed by atoms with van der Waals surface area (Å²) in [6, 6.07) is 12.7. The van der Waals surface area contributed by atoms with Gasteiger partial charge in [0.05, 0.1) is 17.4 Å². The SMILES string of the molecule is O=C(c1cc[n+]([O-])cc1)N1CCC(=C2c3ccc(Cl)cc3CC(O)c3cccnc32)CC1. The molecule has 1 aromatic carbocycles. The second kappa shape index (κ2) is 8.37. The van der Waals surface area contributed by atoms with Crippen LogP contribution in [0.25, 0.3) is 5.57 Å². The summed E-state index contributed by atoms with van der Waals surface area (Å²) in [4.78, 5) is 19.3. The third-order valence-electron chi connectivity index (χ3n) is 6.24. The van der Waals surface area contributed by atoms with Crippen LogP contribution in [0.3, 0.4) is 0 Å². The minimum absolute atomic E-state index is 0.0726. The van der Waals surface area contributed by atoms with E-state index < -0.39 is 6.10 Å². The third kappa shape index (κ3) is 3.76. The Hall–Kier alpha value is -3.22. The van der Waals surface area contributed by atoms with Gasteiger partial charge < -0.3 is 15.2 Å². The standard InChI is InChI=1S/C25H22ClN3O3/c26-19-3-4-20-18(14-19)15-22(30)21-2-1-9-27-24(21)23(20)16-5-10-28(11-6-16)25(31)17-7-12-29(32)13-8-17/h1-4,7-9,12-14,22,30H,5-6,10-11,15H2. The van der Waals surface area contributed by atoms with Gasteiger partial charge in [-0.3, -0.25) is 9.78 Å². The topological polar surface area (TPSA) is 80.4 Å². The lowest BCUT2D eigenvalue weighted by atomic mass is 9.88. The van der Waals surface area contributed by atoms with Gasteiger partial charge in [0, 0.05) is 54.0 Å². The smallest absolute Gasteiger partial charge is 0.254 e. The van der Waals surface area contributed by atoms with Crippen molar-refractivity contribution in [1.82, 2.24) is 9.88 Å². The molecule has 6 nitrogen and oxygen atoms in total. The number of likely N-dealkylation sites (tertiary alicyclic amines) is 1. The van der Waals surface area contributed by atoms with Crippen molar-refractivity contribution in [2.45, 2.75) is 25.4 Å². The van der Waals surface area contributed by atoms with Gasteiger partial charge in [0.15, 0.2) is 12.4 Å². The van der Waals surface area contributed by atoms with Crippen LogP contribution in [0.15, 0.2) is 66.6 Å². The van der Waals surface area contributed by atoms with Crippen molar-refractivity contribution in [3.8, 4) is 0 Å². The van der Waals surface area contributed by atoms with Gasteiger partial charge >= 0.3 is 0 Å². The van der Waals surface area contributed by atoms with Gasteiger partial charge in [0.2, 0.25) is 0 Å². The number of fused-ring (bicyclic) bond motifs is 2. The molecule has 3 aromatic rings. The molecule has 1 unspecified atom stereocenters. The molecule has 0 saturated carbocycles. The largest absolute Gasteiger partial charge is 0.619 e. The molecule has 1 amide bonds. The van der Waals surface area contributed by atoms with E-state index in [-0.39, 0.29) is 5.91 Å². The van der Waals surface area contributed by atoms with Crippen LogP contribution in [0.2, 0.25) is 5.02 Å². The minimum atomic E-state index is -0.655. The molecule has 162 valence electrons. The summed E-state index contributed by atoms with van der Waals surface area (Å²) in [6.45, 7) is 1.16. The molecule has 1 aliphatic carbocycles. The van der Waals surface area contributed by atoms with Gasteiger partial charge in [-0.05, 0) is 42.2 Å². The van der Waals surface area contributed by atoms with Crippen molar-refractivity contribution in [3.63, 3.8) is 0 Å². The number of hydrogen-bond donors (Lipinski definition) is 1. The van der Waals surface area contributed by atoms with E-state index >= 15 is 0 Å². The van der Waals surface area contributed by atoms with E-state index in [1.165, 1.54) is 18.0 Å². The highest BCUT2D eigenvalue weighted by Crippen LogP contribution is 2.41. The highest BCUT2D eigenvalue weighted by molar-refractivity contribution is 6.30. The number of amides is 1. The van der Waals surface area contributed by atoms with Gasteiger partial charge in [-0.1, -0.05) is 29.3 Å². The van der Waals surface area contributed by atoms with E-state index in [4.69, 9.17) is 11.6 Å². The zero-order valence-electron chi connectivity index (χ0n) is 17.4. The number of carbonyl (C=O) groups excluding carboxylic acids is 1. The van der Waals surface area contributed by atoms with E-state index in [0.717, 1.165) is 28.0 Å². The Kier molecular flexibility index (Phi) is 5.41. The summed E-state index contributed by atoms with van der Waals surface area (Å²) in [7, 11) is 0. The lowest BCUT2D eigenvalue weighted by Gasteiger charge is -2.30. The fourth-order valence-electron chi connectivity index (χ4n) is 4.64. The first kappa shape index (κ1) is 20.7. The van der Waals surface area contributed by atoms with Gasteiger partial charge in [0.25, 0.3) is 5.91 Å². The Morgan fingerprint density at radius 2 is 1.91 bits per heavy atom. The fourth-order valence-corrected chi connectivity index (χ4v) is 4.84. The normalized spacial score (nSPS) is 18.1. The number of aromatic nitrogens is 2. The van der Waals surface area contributed by atoms with Crippen LogP contribution in [0.1, 0.15) is 51.7 Å². The molecule has 1 fully saturated rings. The second-order valence-electron chi connectivity index (χ2n) is 8.18. The molecule has 7 heteroatoms. The lowest BCUT2D eigenvalue weighted by molar-refractivity contribution is -0.605. The third-order valence-corrected chi connectivity index (χ3v) is 6.48. The van der Waals surface area contributed by atoms with Gasteiger partial charge in [0.1, 0.15) is 0 Å². The summed E-state index contributed by atoms with van der Waals surface area (Å²) in [5.74, 6) is -0.0726. The van der Waals surface area contributed by atoms with E-state index in [9.17, 15) is 15.1 Å². The van der Waals surface area contributed by atoms with Crippen molar-refractivity contribution in [1.29, 1.82) is 0 Å². The van der Waals surface area contributed by atoms with E-state index in [1.807, 2.05) is 35.2 Å². The van der Waals surface area contributed by atoms with Crippen LogP contribution in [0, 0.1) is 5.21 Å². The molecule has 2 aromatic heterocycles. The molecule has 0 radical (unpaired) electrons. The quantitative estimate of drug-likeness (QED) is 0.455. The Balaban J connectivity index is 1.51. The van der Waals surface area contributed by atoms with Crippen molar-refractivity contribution in [3.05, 3.63) is 105 Å². The molecule has 1 aliphatic heterocycles. The lowest BCUT2D eigenvalue weighted by Crippen LogP contribution is -2.37. The Morgan fingerprint density at radius 1 is 1.16 bits per heavy atom. The zero-order valence-corrected chi connectivity index (χ0v) is 18.1. The number of benzene rings is 1. The molecule has 0 spiro atoms.